The van der Waals surface area contributed by atoms with Gasteiger partial charge in [-0.15, -0.1) is 0 Å². The van der Waals surface area contributed by atoms with Crippen LogP contribution < -0.4 is 15.4 Å². The first kappa shape index (κ1) is 25.0. The molecule has 2 aliphatic rings. The highest BCUT2D eigenvalue weighted by Crippen LogP contribution is 2.23. The normalized spacial score (nSPS) is 21.1. The van der Waals surface area contributed by atoms with Crippen LogP contribution in [0.25, 0.3) is 11.7 Å². The van der Waals surface area contributed by atoms with Crippen molar-refractivity contribution in [3.63, 3.8) is 0 Å². The number of aromatic nitrogens is 3. The zero-order valence-corrected chi connectivity index (χ0v) is 21.3. The van der Waals surface area contributed by atoms with Gasteiger partial charge in [0, 0.05) is 12.1 Å². The molecule has 4 rings (SSSR count). The van der Waals surface area contributed by atoms with E-state index in [0.717, 1.165) is 12.8 Å². The summed E-state index contributed by atoms with van der Waals surface area (Å²) in [5, 5.41) is 17.0. The zero-order chi connectivity index (χ0) is 25.7. The molecule has 10 heteroatoms. The third kappa shape index (κ3) is 4.98. The van der Waals surface area contributed by atoms with Gasteiger partial charge >= 0.3 is 17.1 Å². The Kier molecular flexibility index (Phi) is 6.52. The monoisotopic (exact) mass is 486 g/mol. The lowest BCUT2D eigenvalue weighted by molar-refractivity contribution is -0.692. The molecule has 0 spiro atoms. The number of nitrogens with one attached hydrogen (secondary N) is 2. The lowest BCUT2D eigenvalue weighted by Crippen LogP contribution is -2.51. The number of H-pyrrole nitrogens is 1. The highest BCUT2D eigenvalue weighted by atomic mass is 16.5. The van der Waals surface area contributed by atoms with E-state index in [1.54, 1.807) is 22.5 Å². The van der Waals surface area contributed by atoms with Gasteiger partial charge in [-0.2, -0.15) is 4.57 Å². The van der Waals surface area contributed by atoms with Crippen LogP contribution in [0.1, 0.15) is 69.1 Å². The van der Waals surface area contributed by atoms with Crippen LogP contribution in [0.4, 0.5) is 0 Å². The van der Waals surface area contributed by atoms with Crippen LogP contribution in [0, 0.1) is 12.3 Å². The van der Waals surface area contributed by atoms with Gasteiger partial charge in [-0.1, -0.05) is 25.3 Å². The second kappa shape index (κ2) is 9.14. The Bertz CT molecular complexity index is 1240. The van der Waals surface area contributed by atoms with Crippen molar-refractivity contribution in [1.82, 2.24) is 19.8 Å². The number of aromatic amines is 1. The average molecular weight is 487 g/mol. The molecule has 2 aromatic rings. The Morgan fingerprint density at radius 2 is 1.86 bits per heavy atom. The number of rotatable bonds is 5. The van der Waals surface area contributed by atoms with Crippen LogP contribution >= 0.6 is 0 Å². The summed E-state index contributed by atoms with van der Waals surface area (Å²) in [6, 6.07) is -0.0621. The Morgan fingerprint density at radius 3 is 2.43 bits per heavy atom. The second-order valence-electron chi connectivity index (χ2n) is 11.0. The Labute approximate surface area is 204 Å². The third-order valence-electron chi connectivity index (χ3n) is 6.38. The van der Waals surface area contributed by atoms with Gasteiger partial charge in [0.15, 0.2) is 0 Å². The SMILES string of the molecule is Cc1[nH]n2c(=O)c(C(=O)NC3CC3)c(O)[n+](CC(C)(C)C)c2c1/C=C/C(=O)N1[C@@H](C)COC[C@@H]1C. The van der Waals surface area contributed by atoms with Gasteiger partial charge in [0.25, 0.3) is 5.91 Å². The molecule has 0 unspecified atom stereocenters. The molecule has 2 aromatic heterocycles. The number of amides is 2. The Morgan fingerprint density at radius 1 is 1.23 bits per heavy atom. The largest absolute Gasteiger partial charge is 0.477 e. The van der Waals surface area contributed by atoms with E-state index in [1.165, 1.54) is 10.6 Å². The molecule has 1 saturated carbocycles. The Balaban J connectivity index is 1.83. The topological polar surface area (TPSA) is 120 Å². The molecule has 2 fully saturated rings. The first-order chi connectivity index (χ1) is 16.4. The number of morpholine rings is 1. The summed E-state index contributed by atoms with van der Waals surface area (Å²) in [5.41, 5.74) is 0.432. The maximum Gasteiger partial charge on any atom is 0.378 e. The van der Waals surface area contributed by atoms with Crippen molar-refractivity contribution in [2.45, 2.75) is 79.1 Å². The number of ether oxygens (including phenoxy) is 1. The minimum absolute atomic E-state index is 0.0397. The lowest BCUT2D eigenvalue weighted by Gasteiger charge is -2.38. The summed E-state index contributed by atoms with van der Waals surface area (Å²) in [6.45, 7) is 13.0. The van der Waals surface area contributed by atoms with Crippen LogP contribution in [0.2, 0.25) is 0 Å². The van der Waals surface area contributed by atoms with E-state index < -0.39 is 11.5 Å². The van der Waals surface area contributed by atoms with Gasteiger partial charge in [0.1, 0.15) is 0 Å². The molecule has 3 heterocycles. The van der Waals surface area contributed by atoms with Crippen molar-refractivity contribution in [1.29, 1.82) is 0 Å². The maximum atomic E-state index is 13.3. The van der Waals surface area contributed by atoms with E-state index in [9.17, 15) is 19.5 Å². The first-order valence-electron chi connectivity index (χ1n) is 12.2. The molecule has 0 bridgehead atoms. The van der Waals surface area contributed by atoms with Crippen LogP contribution in [0.15, 0.2) is 10.9 Å². The highest BCUT2D eigenvalue weighted by molar-refractivity contribution is 5.96. The predicted octanol–water partition coefficient (Wildman–Crippen LogP) is 1.52. The molecule has 2 amide bonds. The van der Waals surface area contributed by atoms with Crippen molar-refractivity contribution in [2.75, 3.05) is 13.2 Å². The maximum absolute atomic E-state index is 13.3. The van der Waals surface area contributed by atoms with E-state index >= 15 is 0 Å². The number of carbonyl (C=O) groups excluding carboxylic acids is 2. The fourth-order valence-electron chi connectivity index (χ4n) is 4.61. The summed E-state index contributed by atoms with van der Waals surface area (Å²) in [6.07, 6.45) is 4.89. The summed E-state index contributed by atoms with van der Waals surface area (Å²) in [7, 11) is 0. The van der Waals surface area contributed by atoms with E-state index in [1.807, 2.05) is 34.6 Å². The summed E-state index contributed by atoms with van der Waals surface area (Å²) >= 11 is 0. The smallest absolute Gasteiger partial charge is 0.378 e. The molecule has 2 atom stereocenters. The Hall–Kier alpha value is -3.14. The number of aromatic hydroxyl groups is 1. The number of fused-ring (bicyclic) bond motifs is 1. The molecule has 0 aromatic carbocycles. The fourth-order valence-corrected chi connectivity index (χ4v) is 4.61. The van der Waals surface area contributed by atoms with Gasteiger partial charge < -0.3 is 20.1 Å². The first-order valence-corrected chi connectivity index (χ1v) is 12.2. The van der Waals surface area contributed by atoms with E-state index in [2.05, 4.69) is 10.4 Å². The number of hydrogen-bond acceptors (Lipinski definition) is 5. The third-order valence-corrected chi connectivity index (χ3v) is 6.38. The molecule has 0 radical (unpaired) electrons. The van der Waals surface area contributed by atoms with Gasteiger partial charge in [-0.25, -0.2) is 9.89 Å². The quantitative estimate of drug-likeness (QED) is 0.437. The van der Waals surface area contributed by atoms with Crippen LogP contribution in [-0.2, 0) is 16.1 Å². The number of aryl methyl sites for hydroxylation is 1. The molecule has 3 N–H and O–H groups in total. The molecule has 190 valence electrons. The van der Waals surface area contributed by atoms with Crippen molar-refractivity contribution >= 4 is 23.5 Å². The van der Waals surface area contributed by atoms with Crippen molar-refractivity contribution in [3.8, 4) is 5.88 Å². The van der Waals surface area contributed by atoms with E-state index in [-0.39, 0.29) is 40.9 Å². The summed E-state index contributed by atoms with van der Waals surface area (Å²) in [5.74, 6) is -1.11. The number of nitrogens with zero attached hydrogens (tertiary/aromatic N) is 3. The molecule has 1 saturated heterocycles. The number of hydrogen-bond donors (Lipinski definition) is 3. The molecule has 10 nitrogen and oxygen atoms in total. The van der Waals surface area contributed by atoms with E-state index in [4.69, 9.17) is 4.74 Å². The number of carbonyl (C=O) groups is 2. The average Bonchev–Trinajstić information content (AvgIpc) is 3.49. The summed E-state index contributed by atoms with van der Waals surface area (Å²) in [4.78, 5) is 41.0. The van der Waals surface area contributed by atoms with Crippen molar-refractivity contribution in [2.24, 2.45) is 5.41 Å². The van der Waals surface area contributed by atoms with E-state index in [0.29, 0.717) is 36.7 Å². The van der Waals surface area contributed by atoms with Crippen LogP contribution in [0.5, 0.6) is 5.88 Å². The molecule has 1 aliphatic heterocycles. The zero-order valence-electron chi connectivity index (χ0n) is 21.3. The van der Waals surface area contributed by atoms with Crippen molar-refractivity contribution in [3.05, 3.63) is 33.3 Å². The van der Waals surface area contributed by atoms with Gasteiger partial charge in [-0.05, 0) is 45.1 Å². The molecular formula is C25H36N5O5+. The minimum Gasteiger partial charge on any atom is -0.477 e. The predicted molar refractivity (Wildman–Crippen MR) is 130 cm³/mol. The van der Waals surface area contributed by atoms with Crippen LogP contribution in [-0.4, -0.2) is 62.8 Å². The van der Waals surface area contributed by atoms with Crippen LogP contribution in [0.3, 0.4) is 0 Å². The molecule has 35 heavy (non-hydrogen) atoms. The fraction of sp³-hybridized carbons (Fsp3) is 0.600. The van der Waals surface area contributed by atoms with Crippen molar-refractivity contribution < 1.29 is 24.0 Å². The highest BCUT2D eigenvalue weighted by Gasteiger charge is 2.36. The van der Waals surface area contributed by atoms with Gasteiger partial charge in [0.05, 0.1) is 43.1 Å². The lowest BCUT2D eigenvalue weighted by atomic mass is 9.96. The second-order valence-corrected chi connectivity index (χ2v) is 11.0. The molecule has 1 aliphatic carbocycles. The standard InChI is InChI=1S/C25H35N5O5/c1-14-11-35-12-15(2)29(14)19(31)10-9-18-16(3)27-30-22(18)28(13-25(4,5)6)23(33)20(24(30)34)21(32)26-17-7-8-17/h9-10,14-15,17H,7-8,11-13H2,1-6H3,(H2,26,32,33,34)/p+1/b10-9+/t14-,15-/m0/s1. The van der Waals surface area contributed by atoms with Gasteiger partial charge in [0.2, 0.25) is 11.5 Å². The van der Waals surface area contributed by atoms with Gasteiger partial charge in [-0.3, -0.25) is 9.59 Å². The summed E-state index contributed by atoms with van der Waals surface area (Å²) < 4.78 is 8.39. The molecular weight excluding hydrogens is 450 g/mol. The minimum atomic E-state index is -0.634.